The fraction of sp³-hybridized carbons (Fsp3) is 0.273. The van der Waals surface area contributed by atoms with Crippen LogP contribution in [0.25, 0.3) is 0 Å². The molecule has 0 spiro atoms. The van der Waals surface area contributed by atoms with E-state index in [1.54, 1.807) is 0 Å². The van der Waals surface area contributed by atoms with Crippen LogP contribution in [0.15, 0.2) is 29.7 Å². The SMILES string of the molecule is O=C1/C(=C(\O)C(F)(F)C(F)(F)F)Cc2ncccc21. The fourth-order valence-electron chi connectivity index (χ4n) is 1.71. The first-order valence-electron chi connectivity index (χ1n) is 5.02. The average Bonchev–Trinajstić information content (AvgIpc) is 2.65. The molecule has 0 saturated heterocycles. The van der Waals surface area contributed by atoms with Crippen LogP contribution < -0.4 is 0 Å². The van der Waals surface area contributed by atoms with Crippen molar-refractivity contribution in [3.63, 3.8) is 0 Å². The topological polar surface area (TPSA) is 50.2 Å². The molecule has 19 heavy (non-hydrogen) atoms. The minimum absolute atomic E-state index is 0.0621. The highest BCUT2D eigenvalue weighted by molar-refractivity contribution is 6.13. The highest BCUT2D eigenvalue weighted by Gasteiger charge is 2.62. The summed E-state index contributed by atoms with van der Waals surface area (Å²) in [6.07, 6.45) is -5.24. The van der Waals surface area contributed by atoms with E-state index in [2.05, 4.69) is 4.98 Å². The number of fused-ring (bicyclic) bond motifs is 1. The Morgan fingerprint density at radius 3 is 2.42 bits per heavy atom. The lowest BCUT2D eigenvalue weighted by molar-refractivity contribution is -0.274. The van der Waals surface area contributed by atoms with Gasteiger partial charge >= 0.3 is 12.1 Å². The number of hydrogen-bond donors (Lipinski definition) is 1. The first kappa shape index (κ1) is 13.4. The van der Waals surface area contributed by atoms with Gasteiger partial charge in [0.25, 0.3) is 0 Å². The number of allylic oxidation sites excluding steroid dienone is 2. The smallest absolute Gasteiger partial charge is 0.461 e. The van der Waals surface area contributed by atoms with Crippen molar-refractivity contribution >= 4 is 5.78 Å². The number of aliphatic hydroxyl groups excluding tert-OH is 1. The second-order valence-corrected chi connectivity index (χ2v) is 3.90. The van der Waals surface area contributed by atoms with E-state index in [0.717, 1.165) is 0 Å². The van der Waals surface area contributed by atoms with Gasteiger partial charge in [-0.2, -0.15) is 22.0 Å². The quantitative estimate of drug-likeness (QED) is 0.488. The molecule has 1 heterocycles. The van der Waals surface area contributed by atoms with Crippen molar-refractivity contribution in [2.24, 2.45) is 0 Å². The van der Waals surface area contributed by atoms with Crippen LogP contribution in [0.4, 0.5) is 22.0 Å². The summed E-state index contributed by atoms with van der Waals surface area (Å²) >= 11 is 0. The van der Waals surface area contributed by atoms with Gasteiger partial charge in [0.05, 0.1) is 11.3 Å². The number of alkyl halides is 5. The van der Waals surface area contributed by atoms with Crippen LogP contribution in [0.2, 0.25) is 0 Å². The molecule has 1 N–H and O–H groups in total. The van der Waals surface area contributed by atoms with Gasteiger partial charge in [-0.05, 0) is 12.1 Å². The number of rotatable bonds is 1. The molecule has 1 aromatic rings. The number of hydrogen-bond acceptors (Lipinski definition) is 3. The van der Waals surface area contributed by atoms with E-state index in [9.17, 15) is 26.7 Å². The minimum atomic E-state index is -5.97. The van der Waals surface area contributed by atoms with Gasteiger partial charge in [0.2, 0.25) is 0 Å². The predicted molar refractivity (Wildman–Crippen MR) is 52.9 cm³/mol. The van der Waals surface area contributed by atoms with Crippen molar-refractivity contribution in [2.75, 3.05) is 0 Å². The van der Waals surface area contributed by atoms with Gasteiger partial charge in [-0.25, -0.2) is 0 Å². The fourth-order valence-corrected chi connectivity index (χ4v) is 1.71. The molecule has 3 nitrogen and oxygen atoms in total. The number of carbonyl (C=O) groups excluding carboxylic acids is 1. The molecule has 0 saturated carbocycles. The Kier molecular flexibility index (Phi) is 2.83. The summed E-state index contributed by atoms with van der Waals surface area (Å²) in [4.78, 5) is 15.3. The molecule has 1 aromatic heterocycles. The van der Waals surface area contributed by atoms with E-state index < -0.39 is 35.6 Å². The second-order valence-electron chi connectivity index (χ2n) is 3.90. The van der Waals surface area contributed by atoms with Crippen molar-refractivity contribution in [1.29, 1.82) is 0 Å². The van der Waals surface area contributed by atoms with Crippen LogP contribution in [0.5, 0.6) is 0 Å². The third-order valence-electron chi connectivity index (χ3n) is 2.69. The van der Waals surface area contributed by atoms with Gasteiger partial charge in [0, 0.05) is 18.2 Å². The van der Waals surface area contributed by atoms with E-state index in [-0.39, 0.29) is 11.3 Å². The molecule has 0 radical (unpaired) electrons. The standard InChI is InChI=1S/C11H6F5NO2/c12-10(13,11(14,15)16)9(19)6-4-7-5(8(6)18)2-1-3-17-7/h1-3,19H,4H2/b9-6-. The summed E-state index contributed by atoms with van der Waals surface area (Å²) in [5.41, 5.74) is -0.995. The van der Waals surface area contributed by atoms with Crippen molar-refractivity contribution < 1.29 is 31.9 Å². The normalized spacial score (nSPS) is 18.5. The molecule has 1 aliphatic rings. The molecule has 1 aliphatic carbocycles. The predicted octanol–water partition coefficient (Wildman–Crippen LogP) is 2.83. The maximum atomic E-state index is 13.0. The Morgan fingerprint density at radius 2 is 1.89 bits per heavy atom. The lowest BCUT2D eigenvalue weighted by Crippen LogP contribution is -2.39. The number of Topliss-reactive ketones (excluding diaryl/α,β-unsaturated/α-hetero) is 1. The van der Waals surface area contributed by atoms with Gasteiger partial charge in [-0.15, -0.1) is 0 Å². The molecule has 0 bridgehead atoms. The molecule has 0 amide bonds. The summed E-state index contributed by atoms with van der Waals surface area (Å²) in [6, 6.07) is 2.59. The summed E-state index contributed by atoms with van der Waals surface area (Å²) in [5.74, 6) is -8.78. The van der Waals surface area contributed by atoms with Gasteiger partial charge in [-0.1, -0.05) is 0 Å². The maximum Gasteiger partial charge on any atom is 0.461 e. The van der Waals surface area contributed by atoms with Gasteiger partial charge in [-0.3, -0.25) is 9.78 Å². The highest BCUT2D eigenvalue weighted by atomic mass is 19.4. The Balaban J connectivity index is 2.50. The van der Waals surface area contributed by atoms with Gasteiger partial charge in [0.15, 0.2) is 11.5 Å². The van der Waals surface area contributed by atoms with E-state index in [0.29, 0.717) is 0 Å². The Labute approximate surface area is 103 Å². The first-order chi connectivity index (χ1) is 8.66. The Bertz CT molecular complexity index is 577. The molecular formula is C11H6F5NO2. The van der Waals surface area contributed by atoms with Crippen LogP contribution in [-0.2, 0) is 6.42 Å². The van der Waals surface area contributed by atoms with E-state index in [4.69, 9.17) is 5.11 Å². The van der Waals surface area contributed by atoms with E-state index in [1.807, 2.05) is 0 Å². The molecule has 0 fully saturated rings. The van der Waals surface area contributed by atoms with Crippen LogP contribution in [0.1, 0.15) is 16.1 Å². The van der Waals surface area contributed by atoms with Gasteiger partial charge < -0.3 is 5.11 Å². The molecule has 0 unspecified atom stereocenters. The van der Waals surface area contributed by atoms with E-state index in [1.165, 1.54) is 18.3 Å². The Hall–Kier alpha value is -1.99. The highest BCUT2D eigenvalue weighted by Crippen LogP contribution is 2.42. The van der Waals surface area contributed by atoms with E-state index >= 15 is 0 Å². The number of nitrogens with zero attached hydrogens (tertiary/aromatic N) is 1. The summed E-state index contributed by atoms with van der Waals surface area (Å²) < 4.78 is 62.3. The zero-order valence-corrected chi connectivity index (χ0v) is 9.13. The lowest BCUT2D eigenvalue weighted by Gasteiger charge is -2.19. The van der Waals surface area contributed by atoms with Crippen LogP contribution >= 0.6 is 0 Å². The number of aliphatic hydroxyl groups is 1. The van der Waals surface area contributed by atoms with Crippen molar-refractivity contribution in [3.05, 3.63) is 40.9 Å². The van der Waals surface area contributed by atoms with Crippen molar-refractivity contribution in [3.8, 4) is 0 Å². The van der Waals surface area contributed by atoms with Crippen LogP contribution in [0.3, 0.4) is 0 Å². The van der Waals surface area contributed by atoms with Crippen LogP contribution in [0, 0.1) is 0 Å². The third kappa shape index (κ3) is 1.96. The molecule has 102 valence electrons. The zero-order valence-electron chi connectivity index (χ0n) is 9.13. The summed E-state index contributed by atoms with van der Waals surface area (Å²) in [7, 11) is 0. The number of halogens is 5. The lowest BCUT2D eigenvalue weighted by atomic mass is 10.1. The van der Waals surface area contributed by atoms with Crippen molar-refractivity contribution in [2.45, 2.75) is 18.5 Å². The number of aromatic nitrogens is 1. The average molecular weight is 279 g/mol. The largest absolute Gasteiger partial charge is 0.506 e. The number of pyridine rings is 1. The maximum absolute atomic E-state index is 13.0. The molecule has 0 aliphatic heterocycles. The Morgan fingerprint density at radius 1 is 1.26 bits per heavy atom. The number of ketones is 1. The monoisotopic (exact) mass is 279 g/mol. The molecule has 2 rings (SSSR count). The molecular weight excluding hydrogens is 273 g/mol. The number of carbonyl (C=O) groups is 1. The second kappa shape index (κ2) is 4.01. The molecule has 0 atom stereocenters. The minimum Gasteiger partial charge on any atom is -0.506 e. The molecule has 0 aromatic carbocycles. The summed E-state index contributed by atoms with van der Waals surface area (Å²) in [6.45, 7) is 0. The van der Waals surface area contributed by atoms with Crippen LogP contribution in [-0.4, -0.2) is 28.0 Å². The molecule has 8 heteroatoms. The van der Waals surface area contributed by atoms with Crippen molar-refractivity contribution in [1.82, 2.24) is 4.98 Å². The van der Waals surface area contributed by atoms with Gasteiger partial charge in [0.1, 0.15) is 0 Å². The summed E-state index contributed by atoms with van der Waals surface area (Å²) in [5, 5.41) is 9.12. The first-order valence-corrected chi connectivity index (χ1v) is 5.02. The third-order valence-corrected chi connectivity index (χ3v) is 2.69. The zero-order chi connectivity index (χ0) is 14.4.